The first-order valence-electron chi connectivity index (χ1n) is 10.6. The highest BCUT2D eigenvalue weighted by molar-refractivity contribution is 5.86. The molecule has 0 aliphatic carbocycles. The van der Waals surface area contributed by atoms with Crippen LogP contribution in [0.5, 0.6) is 5.75 Å². The molecule has 1 N–H and O–H groups in total. The van der Waals surface area contributed by atoms with Crippen molar-refractivity contribution in [3.63, 3.8) is 0 Å². The molecule has 0 spiro atoms. The zero-order valence-electron chi connectivity index (χ0n) is 18.0. The van der Waals surface area contributed by atoms with Crippen molar-refractivity contribution < 1.29 is 22.3 Å². The normalized spacial score (nSPS) is 12.6. The van der Waals surface area contributed by atoms with E-state index in [2.05, 4.69) is 36.5 Å². The number of hydrogen-bond acceptors (Lipinski definition) is 2. The highest BCUT2D eigenvalue weighted by Crippen LogP contribution is 2.33. The van der Waals surface area contributed by atoms with Gasteiger partial charge in [-0.3, -0.25) is 0 Å². The van der Waals surface area contributed by atoms with Gasteiger partial charge in [-0.15, -0.1) is 0 Å². The summed E-state index contributed by atoms with van der Waals surface area (Å²) in [6.45, 7) is 2.86. The standard InChI is InChI=1S/C27H23F4NO/c1-18(25-11-5-7-19-6-2-3-10-26(19)25)32-12-13-33-24-16-21(15-23(28)17-24)20-8-4-9-22(14-20)27(29,30)31/h2-11,14-18,32H,12-13H2,1H3/t18-/m1/s1. The molecular formula is C27H23F4NO. The minimum Gasteiger partial charge on any atom is -0.492 e. The molecule has 0 aromatic heterocycles. The van der Waals surface area contributed by atoms with Gasteiger partial charge in [-0.25, -0.2) is 4.39 Å². The quantitative estimate of drug-likeness (QED) is 0.233. The van der Waals surface area contributed by atoms with E-state index in [1.54, 1.807) is 6.07 Å². The number of rotatable bonds is 7. The van der Waals surface area contributed by atoms with Crippen LogP contribution in [0.3, 0.4) is 0 Å². The number of ether oxygens (including phenoxy) is 1. The average molecular weight is 453 g/mol. The van der Waals surface area contributed by atoms with Crippen LogP contribution in [-0.2, 0) is 6.18 Å². The van der Waals surface area contributed by atoms with E-state index in [-0.39, 0.29) is 24.0 Å². The molecule has 4 aromatic carbocycles. The summed E-state index contributed by atoms with van der Waals surface area (Å²) >= 11 is 0. The first-order valence-corrected chi connectivity index (χ1v) is 10.6. The topological polar surface area (TPSA) is 21.3 Å². The molecule has 0 radical (unpaired) electrons. The second kappa shape index (κ2) is 9.63. The van der Waals surface area contributed by atoms with E-state index in [1.807, 2.05) is 18.2 Å². The number of halogens is 4. The summed E-state index contributed by atoms with van der Waals surface area (Å²) in [5, 5.41) is 5.75. The Balaban J connectivity index is 1.41. The Morgan fingerprint density at radius 3 is 2.42 bits per heavy atom. The molecule has 170 valence electrons. The summed E-state index contributed by atoms with van der Waals surface area (Å²) in [7, 11) is 0. The summed E-state index contributed by atoms with van der Waals surface area (Å²) in [5.74, 6) is -0.306. The summed E-state index contributed by atoms with van der Waals surface area (Å²) in [5.41, 5.74) is 0.995. The van der Waals surface area contributed by atoms with Gasteiger partial charge in [-0.05, 0) is 58.7 Å². The third-order valence-corrected chi connectivity index (χ3v) is 5.51. The number of alkyl halides is 3. The maximum Gasteiger partial charge on any atom is 0.416 e. The van der Waals surface area contributed by atoms with Gasteiger partial charge in [0.15, 0.2) is 0 Å². The first-order chi connectivity index (χ1) is 15.8. The van der Waals surface area contributed by atoms with Crippen LogP contribution in [0.2, 0.25) is 0 Å². The maximum absolute atomic E-state index is 14.1. The van der Waals surface area contributed by atoms with Crippen molar-refractivity contribution in [3.8, 4) is 16.9 Å². The van der Waals surface area contributed by atoms with Crippen LogP contribution in [0, 0.1) is 5.82 Å². The van der Waals surface area contributed by atoms with Crippen LogP contribution < -0.4 is 10.1 Å². The lowest BCUT2D eigenvalue weighted by Gasteiger charge is -2.17. The largest absolute Gasteiger partial charge is 0.492 e. The Morgan fingerprint density at radius 1 is 0.848 bits per heavy atom. The number of nitrogens with one attached hydrogen (secondary N) is 1. The van der Waals surface area contributed by atoms with Crippen molar-refractivity contribution >= 4 is 10.8 Å². The molecule has 0 aliphatic heterocycles. The van der Waals surface area contributed by atoms with Crippen LogP contribution in [-0.4, -0.2) is 13.2 Å². The summed E-state index contributed by atoms with van der Waals surface area (Å²) in [4.78, 5) is 0. The van der Waals surface area contributed by atoms with Gasteiger partial charge in [0, 0.05) is 18.7 Å². The van der Waals surface area contributed by atoms with Crippen molar-refractivity contribution in [1.29, 1.82) is 0 Å². The Bertz CT molecular complexity index is 1250. The van der Waals surface area contributed by atoms with Crippen molar-refractivity contribution in [2.75, 3.05) is 13.2 Å². The van der Waals surface area contributed by atoms with Gasteiger partial charge < -0.3 is 10.1 Å². The molecule has 33 heavy (non-hydrogen) atoms. The molecule has 2 nitrogen and oxygen atoms in total. The van der Waals surface area contributed by atoms with Crippen LogP contribution >= 0.6 is 0 Å². The summed E-state index contributed by atoms with van der Waals surface area (Å²) in [6, 6.07) is 23.2. The van der Waals surface area contributed by atoms with E-state index in [1.165, 1.54) is 40.6 Å². The van der Waals surface area contributed by atoms with E-state index in [0.717, 1.165) is 12.1 Å². The van der Waals surface area contributed by atoms with Gasteiger partial charge in [0.2, 0.25) is 0 Å². The molecule has 0 unspecified atom stereocenters. The Kier molecular flexibility index (Phi) is 6.65. The Labute approximate surface area is 189 Å². The lowest BCUT2D eigenvalue weighted by atomic mass is 10.00. The molecule has 0 bridgehead atoms. The van der Waals surface area contributed by atoms with Gasteiger partial charge in [0.25, 0.3) is 0 Å². The van der Waals surface area contributed by atoms with E-state index < -0.39 is 17.6 Å². The number of fused-ring (bicyclic) bond motifs is 1. The van der Waals surface area contributed by atoms with Crippen LogP contribution in [0.15, 0.2) is 84.9 Å². The number of hydrogen-bond donors (Lipinski definition) is 1. The molecule has 0 aliphatic rings. The molecule has 0 heterocycles. The fraction of sp³-hybridized carbons (Fsp3) is 0.185. The maximum atomic E-state index is 14.1. The molecule has 0 saturated carbocycles. The lowest BCUT2D eigenvalue weighted by molar-refractivity contribution is -0.137. The molecule has 4 aromatic rings. The highest BCUT2D eigenvalue weighted by Gasteiger charge is 2.30. The fourth-order valence-corrected chi connectivity index (χ4v) is 3.87. The Morgan fingerprint density at radius 2 is 1.61 bits per heavy atom. The predicted octanol–water partition coefficient (Wildman–Crippen LogP) is 7.39. The number of benzene rings is 4. The summed E-state index contributed by atoms with van der Waals surface area (Å²) < 4.78 is 58.9. The smallest absolute Gasteiger partial charge is 0.416 e. The van der Waals surface area contributed by atoms with Crippen LogP contribution in [0.4, 0.5) is 17.6 Å². The third-order valence-electron chi connectivity index (χ3n) is 5.51. The molecule has 4 rings (SSSR count). The average Bonchev–Trinajstić information content (AvgIpc) is 2.80. The van der Waals surface area contributed by atoms with Gasteiger partial charge in [0.1, 0.15) is 18.2 Å². The molecule has 0 fully saturated rings. The first kappa shape index (κ1) is 22.8. The molecule has 6 heteroatoms. The molecule has 1 atom stereocenters. The van der Waals surface area contributed by atoms with Gasteiger partial charge in [-0.1, -0.05) is 54.6 Å². The minimum absolute atomic E-state index is 0.0767. The monoisotopic (exact) mass is 453 g/mol. The summed E-state index contributed by atoms with van der Waals surface area (Å²) in [6.07, 6.45) is -4.46. The van der Waals surface area contributed by atoms with Crippen molar-refractivity contribution in [2.45, 2.75) is 19.1 Å². The Hall–Kier alpha value is -3.38. The molecular weight excluding hydrogens is 430 g/mol. The van der Waals surface area contributed by atoms with Gasteiger partial charge in [-0.2, -0.15) is 13.2 Å². The van der Waals surface area contributed by atoms with Crippen molar-refractivity contribution in [1.82, 2.24) is 5.32 Å². The van der Waals surface area contributed by atoms with Crippen molar-refractivity contribution in [2.24, 2.45) is 0 Å². The lowest BCUT2D eigenvalue weighted by Crippen LogP contribution is -2.24. The van der Waals surface area contributed by atoms with E-state index in [0.29, 0.717) is 12.1 Å². The third kappa shape index (κ3) is 5.52. The second-order valence-corrected chi connectivity index (χ2v) is 7.85. The zero-order chi connectivity index (χ0) is 23.4. The van der Waals surface area contributed by atoms with Crippen LogP contribution in [0.25, 0.3) is 21.9 Å². The van der Waals surface area contributed by atoms with E-state index in [9.17, 15) is 17.6 Å². The molecule has 0 amide bonds. The van der Waals surface area contributed by atoms with Crippen LogP contribution in [0.1, 0.15) is 24.1 Å². The van der Waals surface area contributed by atoms with Gasteiger partial charge in [0.05, 0.1) is 5.56 Å². The minimum atomic E-state index is -4.46. The highest BCUT2D eigenvalue weighted by atomic mass is 19.4. The second-order valence-electron chi connectivity index (χ2n) is 7.85. The molecule has 0 saturated heterocycles. The fourth-order valence-electron chi connectivity index (χ4n) is 3.87. The SMILES string of the molecule is C[C@@H](NCCOc1cc(F)cc(-c2cccc(C(F)(F)F)c2)c1)c1cccc2ccccc12. The van der Waals surface area contributed by atoms with Crippen molar-refractivity contribution in [3.05, 3.63) is 102 Å². The van der Waals surface area contributed by atoms with E-state index >= 15 is 0 Å². The van der Waals surface area contributed by atoms with Gasteiger partial charge >= 0.3 is 6.18 Å². The van der Waals surface area contributed by atoms with E-state index in [4.69, 9.17) is 4.74 Å². The predicted molar refractivity (Wildman–Crippen MR) is 123 cm³/mol. The zero-order valence-corrected chi connectivity index (χ0v) is 18.0.